The van der Waals surface area contributed by atoms with Gasteiger partial charge in [-0.2, -0.15) is 0 Å². The van der Waals surface area contributed by atoms with Gasteiger partial charge in [-0.05, 0) is 30.3 Å². The van der Waals surface area contributed by atoms with Crippen molar-refractivity contribution in [2.45, 2.75) is 6.61 Å². The number of methoxy groups -OCH3 is 1. The molecule has 0 spiro atoms. The molecule has 0 bridgehead atoms. The van der Waals surface area contributed by atoms with Crippen LogP contribution in [0.15, 0.2) is 42.5 Å². The fourth-order valence-electron chi connectivity index (χ4n) is 2.69. The van der Waals surface area contributed by atoms with Crippen molar-refractivity contribution in [2.75, 3.05) is 24.8 Å². The largest absolute Gasteiger partial charge is 0.380 e. The summed E-state index contributed by atoms with van der Waals surface area (Å²) < 4.78 is 20.1. The van der Waals surface area contributed by atoms with E-state index in [0.29, 0.717) is 31.9 Å². The van der Waals surface area contributed by atoms with E-state index in [-0.39, 0.29) is 24.4 Å². The molecule has 3 N–H and O–H groups in total. The number of nitrogens with one attached hydrogen (secondary N) is 3. The average Bonchev–Trinajstić information content (AvgIpc) is 3.02. The van der Waals surface area contributed by atoms with Crippen molar-refractivity contribution in [3.05, 3.63) is 58.7 Å². The number of thiophene rings is 1. The lowest BCUT2D eigenvalue weighted by molar-refractivity contribution is 0.102. The van der Waals surface area contributed by atoms with Gasteiger partial charge in [0.05, 0.1) is 11.5 Å². The number of benzene rings is 2. The molecule has 2 aromatic carbocycles. The maximum atomic E-state index is 14.3. The molecule has 0 fully saturated rings. The predicted octanol–water partition coefficient (Wildman–Crippen LogP) is 4.19. The van der Waals surface area contributed by atoms with Crippen LogP contribution in [0, 0.1) is 5.82 Å². The summed E-state index contributed by atoms with van der Waals surface area (Å²) in [5.41, 5.74) is 1.56. The lowest BCUT2D eigenvalue weighted by atomic mass is 10.1. The smallest absolute Gasteiger partial charge is 0.318 e. The highest BCUT2D eigenvalue weighted by Gasteiger charge is 2.21. The van der Waals surface area contributed by atoms with Crippen LogP contribution in [0.3, 0.4) is 0 Å². The maximum Gasteiger partial charge on any atom is 0.318 e. The second kappa shape index (κ2) is 8.15. The molecule has 3 rings (SSSR count). The van der Waals surface area contributed by atoms with Crippen molar-refractivity contribution in [2.24, 2.45) is 0 Å². The summed E-state index contributed by atoms with van der Waals surface area (Å²) in [6.07, 6.45) is 0. The Morgan fingerprint density at radius 2 is 1.81 bits per heavy atom. The number of ether oxygens (including phenoxy) is 1. The Bertz CT molecular complexity index is 1000. The number of urea groups is 1. The Hall–Kier alpha value is -2.97. The molecule has 0 saturated carbocycles. The molecular weight excluding hydrogens is 369 g/mol. The molecule has 140 valence electrons. The zero-order valence-corrected chi connectivity index (χ0v) is 15.6. The van der Waals surface area contributed by atoms with Crippen LogP contribution in [0.1, 0.15) is 15.2 Å². The highest BCUT2D eigenvalue weighted by Crippen LogP contribution is 2.34. The summed E-state index contributed by atoms with van der Waals surface area (Å²) in [7, 11) is 3.01. The minimum Gasteiger partial charge on any atom is -0.380 e. The van der Waals surface area contributed by atoms with Gasteiger partial charge >= 0.3 is 6.03 Å². The molecule has 3 amide bonds. The van der Waals surface area contributed by atoms with Crippen LogP contribution in [0.25, 0.3) is 10.1 Å². The number of carbonyl (C=O) groups is 2. The van der Waals surface area contributed by atoms with Crippen molar-refractivity contribution in [3.63, 3.8) is 0 Å². The molecule has 0 aliphatic carbocycles. The van der Waals surface area contributed by atoms with Crippen molar-refractivity contribution in [1.82, 2.24) is 5.32 Å². The van der Waals surface area contributed by atoms with Gasteiger partial charge < -0.3 is 20.7 Å². The lowest BCUT2D eigenvalue weighted by Gasteiger charge is -2.09. The molecule has 1 aromatic heterocycles. The molecule has 0 aliphatic heterocycles. The third-order valence-electron chi connectivity index (χ3n) is 3.86. The summed E-state index contributed by atoms with van der Waals surface area (Å²) in [4.78, 5) is 24.6. The monoisotopic (exact) mass is 387 g/mol. The molecular formula is C19H18FN3O3S. The minimum atomic E-state index is -0.383. The Kier molecular flexibility index (Phi) is 5.68. The van der Waals surface area contributed by atoms with E-state index in [1.54, 1.807) is 36.4 Å². The Balaban J connectivity index is 1.90. The highest BCUT2D eigenvalue weighted by molar-refractivity contribution is 7.21. The van der Waals surface area contributed by atoms with Gasteiger partial charge in [0.2, 0.25) is 0 Å². The Labute approximate surface area is 159 Å². The van der Waals surface area contributed by atoms with Crippen LogP contribution in [0.4, 0.5) is 20.6 Å². The first-order chi connectivity index (χ1) is 13.0. The van der Waals surface area contributed by atoms with Gasteiger partial charge in [0, 0.05) is 41.2 Å². The highest BCUT2D eigenvalue weighted by atomic mass is 32.1. The summed E-state index contributed by atoms with van der Waals surface area (Å²) >= 11 is 1.21. The van der Waals surface area contributed by atoms with Crippen LogP contribution in [-0.4, -0.2) is 26.1 Å². The second-order valence-corrected chi connectivity index (χ2v) is 6.75. The molecule has 0 atom stereocenters. The number of hydrogen-bond acceptors (Lipinski definition) is 4. The van der Waals surface area contributed by atoms with Crippen LogP contribution in [0.2, 0.25) is 0 Å². The molecule has 6 nitrogen and oxygen atoms in total. The topological polar surface area (TPSA) is 79.5 Å². The summed E-state index contributed by atoms with van der Waals surface area (Å²) in [6.45, 7) is 0.127. The van der Waals surface area contributed by atoms with Crippen molar-refractivity contribution >= 4 is 44.7 Å². The van der Waals surface area contributed by atoms with Gasteiger partial charge in [-0.3, -0.25) is 4.79 Å². The molecule has 0 unspecified atom stereocenters. The maximum absolute atomic E-state index is 14.3. The van der Waals surface area contributed by atoms with E-state index in [0.717, 1.165) is 0 Å². The minimum absolute atomic E-state index is 0.127. The Morgan fingerprint density at radius 1 is 1.11 bits per heavy atom. The lowest BCUT2D eigenvalue weighted by Crippen LogP contribution is -2.24. The molecule has 0 saturated heterocycles. The summed E-state index contributed by atoms with van der Waals surface area (Å²) in [5.74, 6) is -0.744. The average molecular weight is 387 g/mol. The Morgan fingerprint density at radius 3 is 2.52 bits per heavy atom. The SMILES string of the molecule is CNC(=O)Nc1cccc(NC(=O)c2sc3cccc(F)c3c2COC)c1. The number of hydrogen-bond donors (Lipinski definition) is 3. The van der Waals surface area contributed by atoms with Gasteiger partial charge in [-0.1, -0.05) is 12.1 Å². The van der Waals surface area contributed by atoms with Gasteiger partial charge in [-0.25, -0.2) is 9.18 Å². The fraction of sp³-hybridized carbons (Fsp3) is 0.158. The normalized spacial score (nSPS) is 10.6. The van der Waals surface area contributed by atoms with E-state index >= 15 is 0 Å². The van der Waals surface area contributed by atoms with Gasteiger partial charge in [-0.15, -0.1) is 11.3 Å². The molecule has 8 heteroatoms. The standard InChI is InChI=1S/C19H18FN3O3S/c1-21-19(25)23-12-6-3-5-11(9-12)22-18(24)17-13(10-26-2)16-14(20)7-4-8-15(16)27-17/h3-9H,10H2,1-2H3,(H,22,24)(H2,21,23,25). The van der Waals surface area contributed by atoms with Crippen LogP contribution in [-0.2, 0) is 11.3 Å². The van der Waals surface area contributed by atoms with E-state index in [1.807, 2.05) is 0 Å². The van der Waals surface area contributed by atoms with Crippen LogP contribution >= 0.6 is 11.3 Å². The first-order valence-electron chi connectivity index (χ1n) is 8.12. The fourth-order valence-corrected chi connectivity index (χ4v) is 3.81. The van der Waals surface area contributed by atoms with Crippen molar-refractivity contribution < 1.29 is 18.7 Å². The first-order valence-corrected chi connectivity index (χ1v) is 8.94. The van der Waals surface area contributed by atoms with E-state index in [2.05, 4.69) is 16.0 Å². The van der Waals surface area contributed by atoms with Crippen LogP contribution in [0.5, 0.6) is 0 Å². The number of anilines is 2. The number of halogens is 1. The van der Waals surface area contributed by atoms with Crippen molar-refractivity contribution in [3.8, 4) is 0 Å². The molecule has 3 aromatic rings. The number of rotatable bonds is 5. The first kappa shape index (κ1) is 18.8. The van der Waals surface area contributed by atoms with E-state index in [1.165, 1.54) is 31.6 Å². The zero-order valence-electron chi connectivity index (χ0n) is 14.8. The van der Waals surface area contributed by atoms with E-state index in [9.17, 15) is 14.0 Å². The number of carbonyl (C=O) groups excluding carboxylic acids is 2. The third kappa shape index (κ3) is 4.07. The van der Waals surface area contributed by atoms with E-state index in [4.69, 9.17) is 4.74 Å². The number of fused-ring (bicyclic) bond motifs is 1. The third-order valence-corrected chi connectivity index (χ3v) is 5.06. The van der Waals surface area contributed by atoms with Gasteiger partial charge in [0.25, 0.3) is 5.91 Å². The molecule has 0 radical (unpaired) electrons. The van der Waals surface area contributed by atoms with Crippen molar-refractivity contribution in [1.29, 1.82) is 0 Å². The second-order valence-electron chi connectivity index (χ2n) is 5.69. The molecule has 1 heterocycles. The van der Waals surface area contributed by atoms with Gasteiger partial charge in [0.15, 0.2) is 0 Å². The predicted molar refractivity (Wildman–Crippen MR) is 105 cm³/mol. The molecule has 0 aliphatic rings. The quantitative estimate of drug-likeness (QED) is 0.614. The van der Waals surface area contributed by atoms with Crippen LogP contribution < -0.4 is 16.0 Å². The van der Waals surface area contributed by atoms with E-state index < -0.39 is 0 Å². The van der Waals surface area contributed by atoms with Gasteiger partial charge in [0.1, 0.15) is 5.82 Å². The number of amides is 3. The summed E-state index contributed by atoms with van der Waals surface area (Å²) in [6, 6.07) is 11.1. The summed E-state index contributed by atoms with van der Waals surface area (Å²) in [5, 5.41) is 8.29. The zero-order chi connectivity index (χ0) is 19.4. The molecule has 27 heavy (non-hydrogen) atoms.